The predicted octanol–water partition coefficient (Wildman–Crippen LogP) is 2.77. The van der Waals surface area contributed by atoms with Crippen molar-refractivity contribution in [2.24, 2.45) is 0 Å². The van der Waals surface area contributed by atoms with E-state index in [1.165, 1.54) is 12.2 Å². The second-order valence-corrected chi connectivity index (χ2v) is 1.59. The first-order valence-corrected chi connectivity index (χ1v) is 2.79. The van der Waals surface area contributed by atoms with Crippen molar-refractivity contribution in [1.82, 2.24) is 0 Å². The summed E-state index contributed by atoms with van der Waals surface area (Å²) in [6, 6.07) is 0. The highest BCUT2D eigenvalue weighted by atomic mass is 19.3. The summed E-state index contributed by atoms with van der Waals surface area (Å²) in [6.07, 6.45) is 2.07. The third-order valence-electron chi connectivity index (χ3n) is 0.944. The monoisotopic (exact) mass is 132 g/mol. The summed E-state index contributed by atoms with van der Waals surface area (Å²) in [5.74, 6) is 0. The Morgan fingerprint density at radius 1 is 1.33 bits per heavy atom. The minimum absolute atomic E-state index is 0.0810. The SMILES string of the molecule is CC=CC(=CC)C(F)F. The number of halogens is 2. The van der Waals surface area contributed by atoms with Crippen molar-refractivity contribution in [2.75, 3.05) is 0 Å². The molecule has 0 atom stereocenters. The third kappa shape index (κ3) is 3.01. The van der Waals surface area contributed by atoms with Gasteiger partial charge in [-0.25, -0.2) is 8.78 Å². The van der Waals surface area contributed by atoms with Gasteiger partial charge < -0.3 is 0 Å². The van der Waals surface area contributed by atoms with Gasteiger partial charge in [0.2, 0.25) is 0 Å². The summed E-state index contributed by atoms with van der Waals surface area (Å²) in [5.41, 5.74) is 0.0810. The minimum atomic E-state index is -2.34. The smallest absolute Gasteiger partial charge is 0.205 e. The molecule has 0 amide bonds. The molecule has 0 aromatic carbocycles. The summed E-state index contributed by atoms with van der Waals surface area (Å²) in [4.78, 5) is 0. The fraction of sp³-hybridized carbons (Fsp3) is 0.429. The Bertz CT molecular complexity index is 123. The normalized spacial score (nSPS) is 13.7. The molecular formula is C7H10F2. The zero-order chi connectivity index (χ0) is 7.28. The molecule has 0 nitrogen and oxygen atoms in total. The zero-order valence-corrected chi connectivity index (χ0v) is 5.57. The summed E-state index contributed by atoms with van der Waals surface area (Å²) in [7, 11) is 0. The molecule has 0 aromatic rings. The number of allylic oxidation sites excluding steroid dienone is 4. The van der Waals surface area contributed by atoms with Crippen molar-refractivity contribution < 1.29 is 8.78 Å². The van der Waals surface area contributed by atoms with Gasteiger partial charge in [0.05, 0.1) is 0 Å². The topological polar surface area (TPSA) is 0 Å². The molecule has 9 heavy (non-hydrogen) atoms. The Hall–Kier alpha value is -0.660. The molecule has 0 radical (unpaired) electrons. The van der Waals surface area contributed by atoms with E-state index in [2.05, 4.69) is 0 Å². The number of hydrogen-bond donors (Lipinski definition) is 0. The van der Waals surface area contributed by atoms with E-state index in [-0.39, 0.29) is 5.57 Å². The molecule has 0 aliphatic carbocycles. The van der Waals surface area contributed by atoms with Crippen LogP contribution in [0, 0.1) is 0 Å². The highest BCUT2D eigenvalue weighted by Gasteiger charge is 2.03. The molecule has 2 heteroatoms. The maximum Gasteiger partial charge on any atom is 0.263 e. The van der Waals surface area contributed by atoms with E-state index >= 15 is 0 Å². The molecule has 0 aromatic heterocycles. The first kappa shape index (κ1) is 8.34. The Labute approximate surface area is 53.9 Å². The Morgan fingerprint density at radius 2 is 1.89 bits per heavy atom. The summed E-state index contributed by atoms with van der Waals surface area (Å²) in [6.45, 7) is 3.31. The molecule has 0 spiro atoms. The van der Waals surface area contributed by atoms with E-state index in [1.807, 2.05) is 0 Å². The van der Waals surface area contributed by atoms with Crippen LogP contribution in [0.25, 0.3) is 0 Å². The van der Waals surface area contributed by atoms with E-state index in [0.717, 1.165) is 0 Å². The number of rotatable bonds is 2. The lowest BCUT2D eigenvalue weighted by molar-refractivity contribution is 0.194. The van der Waals surface area contributed by atoms with E-state index < -0.39 is 6.43 Å². The van der Waals surface area contributed by atoms with E-state index in [0.29, 0.717) is 0 Å². The lowest BCUT2D eigenvalue weighted by atomic mass is 10.2. The van der Waals surface area contributed by atoms with Crippen molar-refractivity contribution in [2.45, 2.75) is 20.3 Å². The molecule has 0 heterocycles. The van der Waals surface area contributed by atoms with Gasteiger partial charge in [-0.3, -0.25) is 0 Å². The van der Waals surface area contributed by atoms with Crippen LogP contribution in [0.5, 0.6) is 0 Å². The molecule has 0 unspecified atom stereocenters. The number of alkyl halides is 2. The number of hydrogen-bond acceptors (Lipinski definition) is 0. The summed E-state index contributed by atoms with van der Waals surface area (Å²) < 4.78 is 23.5. The van der Waals surface area contributed by atoms with E-state index in [4.69, 9.17) is 0 Å². The zero-order valence-electron chi connectivity index (χ0n) is 5.57. The van der Waals surface area contributed by atoms with Crippen LogP contribution >= 0.6 is 0 Å². The van der Waals surface area contributed by atoms with Crippen LogP contribution in [-0.2, 0) is 0 Å². The van der Waals surface area contributed by atoms with Gasteiger partial charge in [-0.05, 0) is 13.8 Å². The van der Waals surface area contributed by atoms with Crippen molar-refractivity contribution in [1.29, 1.82) is 0 Å². The second-order valence-electron chi connectivity index (χ2n) is 1.59. The van der Waals surface area contributed by atoms with Crippen molar-refractivity contribution in [3.05, 3.63) is 23.8 Å². The van der Waals surface area contributed by atoms with Gasteiger partial charge in [0, 0.05) is 5.57 Å². The summed E-state index contributed by atoms with van der Waals surface area (Å²) >= 11 is 0. The quantitative estimate of drug-likeness (QED) is 0.507. The first-order chi connectivity index (χ1) is 4.22. The van der Waals surface area contributed by atoms with Gasteiger partial charge in [0.25, 0.3) is 6.43 Å². The third-order valence-corrected chi connectivity index (χ3v) is 0.944. The Morgan fingerprint density at radius 3 is 2.00 bits per heavy atom. The van der Waals surface area contributed by atoms with Gasteiger partial charge >= 0.3 is 0 Å². The van der Waals surface area contributed by atoms with Crippen molar-refractivity contribution >= 4 is 0 Å². The fourth-order valence-electron chi connectivity index (χ4n) is 0.487. The van der Waals surface area contributed by atoms with Crippen LogP contribution in [0.3, 0.4) is 0 Å². The van der Waals surface area contributed by atoms with Gasteiger partial charge in [0.1, 0.15) is 0 Å². The molecule has 0 rings (SSSR count). The van der Waals surface area contributed by atoms with Crippen LogP contribution in [-0.4, -0.2) is 6.43 Å². The highest BCUT2D eigenvalue weighted by molar-refractivity contribution is 5.19. The van der Waals surface area contributed by atoms with E-state index in [1.54, 1.807) is 19.9 Å². The van der Waals surface area contributed by atoms with Gasteiger partial charge in [-0.1, -0.05) is 18.2 Å². The standard InChI is InChI=1S/C7H10F2/c1-3-5-6(4-2)7(8)9/h3-5,7H,1-2H3. The lowest BCUT2D eigenvalue weighted by Gasteiger charge is -1.95. The molecular weight excluding hydrogens is 122 g/mol. The van der Waals surface area contributed by atoms with Gasteiger partial charge in [-0.15, -0.1) is 0 Å². The second kappa shape index (κ2) is 4.24. The van der Waals surface area contributed by atoms with Gasteiger partial charge in [-0.2, -0.15) is 0 Å². The molecule has 0 saturated heterocycles. The van der Waals surface area contributed by atoms with E-state index in [9.17, 15) is 8.78 Å². The van der Waals surface area contributed by atoms with Crippen LogP contribution in [0.2, 0.25) is 0 Å². The van der Waals surface area contributed by atoms with Crippen LogP contribution in [0.15, 0.2) is 23.8 Å². The average Bonchev–Trinajstić information content (AvgIpc) is 1.82. The Balaban J connectivity index is 4.01. The maximum absolute atomic E-state index is 11.8. The molecule has 0 saturated carbocycles. The molecule has 0 fully saturated rings. The molecule has 0 aliphatic heterocycles. The largest absolute Gasteiger partial charge is 0.263 e. The summed E-state index contributed by atoms with van der Waals surface area (Å²) in [5, 5.41) is 0. The average molecular weight is 132 g/mol. The lowest BCUT2D eigenvalue weighted by Crippen LogP contribution is -1.91. The van der Waals surface area contributed by atoms with Crippen LogP contribution in [0.1, 0.15) is 13.8 Å². The molecule has 0 aliphatic rings. The predicted molar refractivity (Wildman–Crippen MR) is 34.6 cm³/mol. The molecule has 52 valence electrons. The fourth-order valence-corrected chi connectivity index (χ4v) is 0.487. The minimum Gasteiger partial charge on any atom is -0.205 e. The van der Waals surface area contributed by atoms with Crippen molar-refractivity contribution in [3.63, 3.8) is 0 Å². The molecule has 0 N–H and O–H groups in total. The van der Waals surface area contributed by atoms with Gasteiger partial charge in [0.15, 0.2) is 0 Å². The van der Waals surface area contributed by atoms with Crippen molar-refractivity contribution in [3.8, 4) is 0 Å². The highest BCUT2D eigenvalue weighted by Crippen LogP contribution is 2.08. The van der Waals surface area contributed by atoms with Crippen LogP contribution < -0.4 is 0 Å². The molecule has 0 bridgehead atoms. The van der Waals surface area contributed by atoms with Crippen LogP contribution in [0.4, 0.5) is 8.78 Å². The first-order valence-electron chi connectivity index (χ1n) is 2.79. The maximum atomic E-state index is 11.8. The Kier molecular flexibility index (Phi) is 3.93.